The fourth-order valence-electron chi connectivity index (χ4n) is 1.94. The molecule has 0 saturated carbocycles. The molecule has 0 aliphatic heterocycles. The van der Waals surface area contributed by atoms with E-state index in [0.29, 0.717) is 12.0 Å². The summed E-state index contributed by atoms with van der Waals surface area (Å²) in [7, 11) is 0. The molecule has 0 spiro atoms. The van der Waals surface area contributed by atoms with Crippen molar-refractivity contribution in [2.75, 3.05) is 0 Å². The predicted molar refractivity (Wildman–Crippen MR) is 70.1 cm³/mol. The van der Waals surface area contributed by atoms with E-state index in [0.717, 1.165) is 25.7 Å². The van der Waals surface area contributed by atoms with Gasteiger partial charge in [0, 0.05) is 0 Å². The van der Waals surface area contributed by atoms with Crippen LogP contribution in [0, 0.1) is 5.82 Å². The maximum absolute atomic E-state index is 12.8. The highest BCUT2D eigenvalue weighted by Crippen LogP contribution is 2.23. The van der Waals surface area contributed by atoms with Gasteiger partial charge in [0.2, 0.25) is 0 Å². The van der Waals surface area contributed by atoms with E-state index in [-0.39, 0.29) is 5.82 Å². The summed E-state index contributed by atoms with van der Waals surface area (Å²) in [5.74, 6) is -1.71. The van der Waals surface area contributed by atoms with E-state index in [1.54, 1.807) is 12.1 Å². The summed E-state index contributed by atoms with van der Waals surface area (Å²) in [6, 6.07) is 5.72. The number of unbranched alkanes of at least 4 members (excludes halogenated alkanes) is 3. The molecule has 0 fully saturated rings. The van der Waals surface area contributed by atoms with Gasteiger partial charge in [0.15, 0.2) is 0 Å². The van der Waals surface area contributed by atoms with Gasteiger partial charge in [-0.05, 0) is 37.0 Å². The van der Waals surface area contributed by atoms with Gasteiger partial charge in [-0.25, -0.2) is 4.39 Å². The van der Waals surface area contributed by atoms with E-state index >= 15 is 0 Å². The van der Waals surface area contributed by atoms with Crippen molar-refractivity contribution in [3.05, 3.63) is 48.3 Å². The van der Waals surface area contributed by atoms with Crippen molar-refractivity contribution < 1.29 is 14.3 Å². The molecule has 98 valence electrons. The Bertz CT molecular complexity index is 384. The zero-order valence-electron chi connectivity index (χ0n) is 10.4. The first-order valence-electron chi connectivity index (χ1n) is 6.24. The number of rotatable bonds is 8. The van der Waals surface area contributed by atoms with Gasteiger partial charge in [-0.1, -0.05) is 31.1 Å². The molecule has 0 heterocycles. The average Bonchev–Trinajstić information content (AvgIpc) is 2.35. The number of hydrogen-bond acceptors (Lipinski definition) is 1. The Labute approximate surface area is 107 Å². The largest absolute Gasteiger partial charge is 0.481 e. The smallest absolute Gasteiger partial charge is 0.310 e. The average molecular weight is 250 g/mol. The Balaban J connectivity index is 2.52. The van der Waals surface area contributed by atoms with Crippen LogP contribution in [0.15, 0.2) is 36.9 Å². The first-order valence-corrected chi connectivity index (χ1v) is 6.24. The third-order valence-electron chi connectivity index (χ3n) is 2.97. The molecule has 1 atom stereocenters. The molecule has 1 aromatic rings. The molecule has 0 saturated heterocycles. The molecule has 18 heavy (non-hydrogen) atoms. The molecule has 3 heteroatoms. The maximum Gasteiger partial charge on any atom is 0.310 e. The van der Waals surface area contributed by atoms with Crippen LogP contribution < -0.4 is 0 Å². The number of aliphatic carboxylic acids is 1. The molecule has 0 aliphatic rings. The highest BCUT2D eigenvalue weighted by atomic mass is 19.1. The van der Waals surface area contributed by atoms with Crippen molar-refractivity contribution in [3.8, 4) is 0 Å². The van der Waals surface area contributed by atoms with Crippen LogP contribution in [0.4, 0.5) is 4.39 Å². The second-order valence-electron chi connectivity index (χ2n) is 4.37. The number of benzene rings is 1. The van der Waals surface area contributed by atoms with E-state index in [2.05, 4.69) is 6.58 Å². The van der Waals surface area contributed by atoms with Gasteiger partial charge in [-0.3, -0.25) is 4.79 Å². The van der Waals surface area contributed by atoms with Crippen LogP contribution in [0.2, 0.25) is 0 Å². The van der Waals surface area contributed by atoms with Crippen LogP contribution in [0.5, 0.6) is 0 Å². The highest BCUT2D eigenvalue weighted by Gasteiger charge is 2.18. The Morgan fingerprint density at radius 2 is 1.94 bits per heavy atom. The first kappa shape index (κ1) is 14.4. The molecule has 0 bridgehead atoms. The lowest BCUT2D eigenvalue weighted by atomic mass is 9.93. The fourth-order valence-corrected chi connectivity index (χ4v) is 1.94. The molecular formula is C15H19FO2. The highest BCUT2D eigenvalue weighted by molar-refractivity contribution is 5.75. The molecule has 1 aromatic carbocycles. The Kier molecular flexibility index (Phi) is 6.12. The summed E-state index contributed by atoms with van der Waals surface area (Å²) in [4.78, 5) is 11.2. The molecule has 0 amide bonds. The van der Waals surface area contributed by atoms with Gasteiger partial charge in [0.05, 0.1) is 5.92 Å². The van der Waals surface area contributed by atoms with E-state index < -0.39 is 11.9 Å². The first-order chi connectivity index (χ1) is 8.65. The molecule has 1 unspecified atom stereocenters. The molecule has 0 aromatic heterocycles. The molecule has 0 aliphatic carbocycles. The minimum absolute atomic E-state index is 0.339. The van der Waals surface area contributed by atoms with Crippen molar-refractivity contribution in [3.63, 3.8) is 0 Å². The zero-order chi connectivity index (χ0) is 13.4. The van der Waals surface area contributed by atoms with Crippen LogP contribution in [0.1, 0.15) is 43.6 Å². The summed E-state index contributed by atoms with van der Waals surface area (Å²) in [6.45, 7) is 3.65. The fraction of sp³-hybridized carbons (Fsp3) is 0.400. The Morgan fingerprint density at radius 3 is 2.50 bits per heavy atom. The van der Waals surface area contributed by atoms with E-state index in [9.17, 15) is 14.3 Å². The van der Waals surface area contributed by atoms with Crippen LogP contribution in [0.25, 0.3) is 0 Å². The van der Waals surface area contributed by atoms with Crippen LogP contribution >= 0.6 is 0 Å². The molecule has 1 rings (SSSR count). The topological polar surface area (TPSA) is 37.3 Å². The number of allylic oxidation sites excluding steroid dienone is 1. The van der Waals surface area contributed by atoms with E-state index in [1.165, 1.54) is 12.1 Å². The third-order valence-corrected chi connectivity index (χ3v) is 2.97. The zero-order valence-corrected chi connectivity index (χ0v) is 10.4. The lowest BCUT2D eigenvalue weighted by molar-refractivity contribution is -0.139. The monoisotopic (exact) mass is 250 g/mol. The van der Waals surface area contributed by atoms with Gasteiger partial charge in [-0.15, -0.1) is 6.58 Å². The minimum atomic E-state index is -0.842. The number of halogens is 1. The molecule has 0 radical (unpaired) electrons. The van der Waals surface area contributed by atoms with Crippen molar-refractivity contribution in [1.82, 2.24) is 0 Å². The van der Waals surface area contributed by atoms with Gasteiger partial charge >= 0.3 is 5.97 Å². The Morgan fingerprint density at radius 1 is 1.28 bits per heavy atom. The molecule has 1 N–H and O–H groups in total. The number of carbonyl (C=O) groups is 1. The van der Waals surface area contributed by atoms with Crippen LogP contribution in [0.3, 0.4) is 0 Å². The number of carboxylic acids is 1. The van der Waals surface area contributed by atoms with Crippen LogP contribution in [-0.4, -0.2) is 11.1 Å². The quantitative estimate of drug-likeness (QED) is 0.556. The minimum Gasteiger partial charge on any atom is -0.481 e. The summed E-state index contributed by atoms with van der Waals surface area (Å²) in [5, 5.41) is 9.19. The summed E-state index contributed by atoms with van der Waals surface area (Å²) in [5.41, 5.74) is 0.674. The van der Waals surface area contributed by atoms with Gasteiger partial charge in [0.1, 0.15) is 5.82 Å². The van der Waals surface area contributed by atoms with Gasteiger partial charge in [0.25, 0.3) is 0 Å². The summed E-state index contributed by atoms with van der Waals surface area (Å²) in [6.07, 6.45) is 6.33. The summed E-state index contributed by atoms with van der Waals surface area (Å²) < 4.78 is 12.8. The van der Waals surface area contributed by atoms with Crippen molar-refractivity contribution in [2.24, 2.45) is 0 Å². The van der Waals surface area contributed by atoms with Gasteiger partial charge in [-0.2, -0.15) is 0 Å². The molecule has 2 nitrogen and oxygen atoms in total. The molecular weight excluding hydrogens is 231 g/mol. The van der Waals surface area contributed by atoms with E-state index in [4.69, 9.17) is 0 Å². The van der Waals surface area contributed by atoms with Gasteiger partial charge < -0.3 is 5.11 Å². The predicted octanol–water partition coefficient (Wildman–Crippen LogP) is 4.13. The van der Waals surface area contributed by atoms with Crippen LogP contribution in [-0.2, 0) is 4.79 Å². The van der Waals surface area contributed by atoms with Crippen molar-refractivity contribution in [2.45, 2.75) is 38.0 Å². The number of carboxylic acid groups (broad SMARTS) is 1. The lowest BCUT2D eigenvalue weighted by Gasteiger charge is -2.12. The SMILES string of the molecule is C=CCCCCCC(C(=O)O)c1ccc(F)cc1. The van der Waals surface area contributed by atoms with E-state index in [1.807, 2.05) is 6.08 Å². The third kappa shape index (κ3) is 4.70. The summed E-state index contributed by atoms with van der Waals surface area (Å²) >= 11 is 0. The maximum atomic E-state index is 12.8. The Hall–Kier alpha value is -1.64. The standard InChI is InChI=1S/C15H19FO2/c1-2-3-4-5-6-7-14(15(17)18)12-8-10-13(16)11-9-12/h2,8-11,14H,1,3-7H2,(H,17,18). The van der Waals surface area contributed by atoms with Crippen molar-refractivity contribution >= 4 is 5.97 Å². The number of hydrogen-bond donors (Lipinski definition) is 1. The normalized spacial score (nSPS) is 12.1. The lowest BCUT2D eigenvalue weighted by Crippen LogP contribution is -2.11. The second kappa shape index (κ2) is 7.64. The second-order valence-corrected chi connectivity index (χ2v) is 4.37. The van der Waals surface area contributed by atoms with Crippen molar-refractivity contribution in [1.29, 1.82) is 0 Å².